The first-order valence-corrected chi connectivity index (χ1v) is 7.69. The van der Waals surface area contributed by atoms with Gasteiger partial charge in [-0.1, -0.05) is 0 Å². The van der Waals surface area contributed by atoms with E-state index in [1.165, 1.54) is 18.2 Å². The first kappa shape index (κ1) is 18.4. The molecule has 0 fully saturated rings. The highest BCUT2D eigenvalue weighted by Gasteiger charge is 2.20. The normalized spacial score (nSPS) is 10.8. The lowest BCUT2D eigenvalue weighted by Gasteiger charge is -2.09. The van der Waals surface area contributed by atoms with Crippen LogP contribution >= 0.6 is 0 Å². The van der Waals surface area contributed by atoms with E-state index < -0.39 is 24.3 Å². The number of amides is 2. The van der Waals surface area contributed by atoms with Crippen LogP contribution in [-0.4, -0.2) is 37.0 Å². The van der Waals surface area contributed by atoms with Gasteiger partial charge in [-0.3, -0.25) is 9.59 Å². The van der Waals surface area contributed by atoms with E-state index in [1.54, 1.807) is 20.8 Å². The number of hydrogen-bond acceptors (Lipinski definition) is 5. The van der Waals surface area contributed by atoms with Gasteiger partial charge in [0.25, 0.3) is 5.91 Å². The van der Waals surface area contributed by atoms with Crippen LogP contribution in [0.3, 0.4) is 0 Å². The van der Waals surface area contributed by atoms with Crippen LogP contribution < -0.4 is 10.6 Å². The molecule has 1 heterocycles. The molecule has 2 aromatic rings. The Labute approximate surface area is 143 Å². The lowest BCUT2D eigenvalue weighted by molar-refractivity contribution is -0.128. The highest BCUT2D eigenvalue weighted by Crippen LogP contribution is 2.26. The summed E-state index contributed by atoms with van der Waals surface area (Å²) in [6.07, 6.45) is 0. The summed E-state index contributed by atoms with van der Waals surface area (Å²) in [6.45, 7) is 4.42. The van der Waals surface area contributed by atoms with Gasteiger partial charge in [-0.25, -0.2) is 9.18 Å². The number of furan rings is 1. The Morgan fingerprint density at radius 3 is 2.64 bits per heavy atom. The topological polar surface area (TPSA) is 97.6 Å². The fourth-order valence-electron chi connectivity index (χ4n) is 2.19. The maximum absolute atomic E-state index is 13.3. The predicted octanol–water partition coefficient (Wildman–Crippen LogP) is 1.68. The van der Waals surface area contributed by atoms with E-state index in [0.717, 1.165) is 0 Å². The predicted molar refractivity (Wildman–Crippen MR) is 87.5 cm³/mol. The van der Waals surface area contributed by atoms with Gasteiger partial charge in [0, 0.05) is 17.0 Å². The second kappa shape index (κ2) is 7.78. The standard InChI is InChI=1S/C17H19FN2O5/c1-9(2)20-14(21)7-19-15(22)8-24-17(23)16-10(3)12-6-11(18)4-5-13(12)25-16/h4-6,9H,7-8H2,1-3H3,(H,19,22)(H,20,21). The van der Waals surface area contributed by atoms with Crippen molar-refractivity contribution in [1.82, 2.24) is 10.6 Å². The van der Waals surface area contributed by atoms with Crippen LogP contribution in [0.2, 0.25) is 0 Å². The summed E-state index contributed by atoms with van der Waals surface area (Å²) >= 11 is 0. The van der Waals surface area contributed by atoms with Crippen LogP contribution in [0.25, 0.3) is 11.0 Å². The molecule has 0 aliphatic heterocycles. The van der Waals surface area contributed by atoms with Gasteiger partial charge >= 0.3 is 5.97 Å². The van der Waals surface area contributed by atoms with Crippen LogP contribution in [0, 0.1) is 12.7 Å². The minimum Gasteiger partial charge on any atom is -0.450 e. The summed E-state index contributed by atoms with van der Waals surface area (Å²) < 4.78 is 23.5. The van der Waals surface area contributed by atoms with Gasteiger partial charge in [0.2, 0.25) is 11.7 Å². The maximum atomic E-state index is 13.3. The number of halogens is 1. The molecule has 0 saturated heterocycles. The van der Waals surface area contributed by atoms with Gasteiger partial charge in [-0.05, 0) is 39.0 Å². The van der Waals surface area contributed by atoms with E-state index in [9.17, 15) is 18.8 Å². The Bertz CT molecular complexity index is 813. The number of nitrogens with one attached hydrogen (secondary N) is 2. The Morgan fingerprint density at radius 2 is 1.96 bits per heavy atom. The van der Waals surface area contributed by atoms with Gasteiger partial charge in [0.1, 0.15) is 11.4 Å². The third-order valence-corrected chi connectivity index (χ3v) is 3.31. The van der Waals surface area contributed by atoms with Gasteiger partial charge in [0.05, 0.1) is 6.54 Å². The minimum atomic E-state index is -0.837. The fraction of sp³-hybridized carbons (Fsp3) is 0.353. The van der Waals surface area contributed by atoms with Crippen molar-refractivity contribution in [3.8, 4) is 0 Å². The third-order valence-electron chi connectivity index (χ3n) is 3.31. The number of esters is 1. The zero-order valence-electron chi connectivity index (χ0n) is 14.1. The Morgan fingerprint density at radius 1 is 1.24 bits per heavy atom. The van der Waals surface area contributed by atoms with E-state index in [-0.39, 0.29) is 24.3 Å². The van der Waals surface area contributed by atoms with E-state index >= 15 is 0 Å². The quantitative estimate of drug-likeness (QED) is 0.773. The van der Waals surface area contributed by atoms with Crippen molar-refractivity contribution in [3.63, 3.8) is 0 Å². The second-order valence-electron chi connectivity index (χ2n) is 5.77. The second-order valence-corrected chi connectivity index (χ2v) is 5.77. The van der Waals surface area contributed by atoms with Crippen molar-refractivity contribution in [2.45, 2.75) is 26.8 Å². The van der Waals surface area contributed by atoms with Crippen LogP contribution in [-0.2, 0) is 14.3 Å². The zero-order valence-corrected chi connectivity index (χ0v) is 14.1. The van der Waals surface area contributed by atoms with E-state index in [4.69, 9.17) is 9.15 Å². The molecule has 0 atom stereocenters. The molecule has 0 bridgehead atoms. The molecule has 0 radical (unpaired) electrons. The maximum Gasteiger partial charge on any atom is 0.375 e. The lowest BCUT2D eigenvalue weighted by atomic mass is 10.1. The molecule has 2 amide bonds. The summed E-state index contributed by atoms with van der Waals surface area (Å²) in [5, 5.41) is 5.40. The fourth-order valence-corrected chi connectivity index (χ4v) is 2.19. The minimum absolute atomic E-state index is 0.0388. The number of fused-ring (bicyclic) bond motifs is 1. The van der Waals surface area contributed by atoms with Crippen molar-refractivity contribution < 1.29 is 27.9 Å². The molecule has 134 valence electrons. The molecular formula is C17H19FN2O5. The average Bonchev–Trinajstić information content (AvgIpc) is 2.86. The smallest absolute Gasteiger partial charge is 0.375 e. The monoisotopic (exact) mass is 350 g/mol. The zero-order chi connectivity index (χ0) is 18.6. The van der Waals surface area contributed by atoms with E-state index in [0.29, 0.717) is 16.5 Å². The molecule has 8 heteroatoms. The number of benzene rings is 1. The SMILES string of the molecule is Cc1c(C(=O)OCC(=O)NCC(=O)NC(C)C)oc2ccc(F)cc12. The molecule has 2 rings (SSSR count). The summed E-state index contributed by atoms with van der Waals surface area (Å²) in [5.74, 6) is -2.34. The first-order valence-electron chi connectivity index (χ1n) is 7.69. The highest BCUT2D eigenvalue weighted by molar-refractivity contribution is 5.97. The molecular weight excluding hydrogens is 331 g/mol. The summed E-state index contributed by atoms with van der Waals surface area (Å²) in [7, 11) is 0. The molecule has 1 aromatic heterocycles. The van der Waals surface area contributed by atoms with Crippen molar-refractivity contribution in [3.05, 3.63) is 35.3 Å². The number of aryl methyl sites for hydroxylation is 1. The lowest BCUT2D eigenvalue weighted by Crippen LogP contribution is -2.41. The van der Waals surface area contributed by atoms with Crippen LogP contribution in [0.4, 0.5) is 4.39 Å². The number of carbonyl (C=O) groups excluding carboxylic acids is 3. The van der Waals surface area contributed by atoms with Crippen molar-refractivity contribution >= 4 is 28.8 Å². The van der Waals surface area contributed by atoms with Crippen molar-refractivity contribution in [2.75, 3.05) is 13.2 Å². The third kappa shape index (κ3) is 4.79. The Balaban J connectivity index is 1.91. The molecule has 0 spiro atoms. The molecule has 0 saturated carbocycles. The molecule has 1 aromatic carbocycles. The Kier molecular flexibility index (Phi) is 5.74. The number of rotatable bonds is 6. The molecule has 7 nitrogen and oxygen atoms in total. The summed E-state index contributed by atoms with van der Waals surface area (Å²) in [6, 6.07) is 3.85. The van der Waals surface area contributed by atoms with Crippen LogP contribution in [0.1, 0.15) is 30.0 Å². The molecule has 0 aliphatic carbocycles. The number of ether oxygens (including phenoxy) is 1. The van der Waals surface area contributed by atoms with Crippen LogP contribution in [0.5, 0.6) is 0 Å². The highest BCUT2D eigenvalue weighted by atomic mass is 19.1. The molecule has 0 unspecified atom stereocenters. The number of hydrogen-bond donors (Lipinski definition) is 2. The van der Waals surface area contributed by atoms with Crippen molar-refractivity contribution in [1.29, 1.82) is 0 Å². The Hall–Kier alpha value is -2.90. The largest absolute Gasteiger partial charge is 0.450 e. The summed E-state index contributed by atoms with van der Waals surface area (Å²) in [5.41, 5.74) is 0.775. The first-order chi connectivity index (χ1) is 11.8. The molecule has 0 aliphatic rings. The van der Waals surface area contributed by atoms with Crippen molar-refractivity contribution in [2.24, 2.45) is 0 Å². The van der Waals surface area contributed by atoms with Gasteiger partial charge in [0.15, 0.2) is 6.61 Å². The van der Waals surface area contributed by atoms with Gasteiger partial charge in [-0.15, -0.1) is 0 Å². The van der Waals surface area contributed by atoms with Crippen LogP contribution in [0.15, 0.2) is 22.6 Å². The van der Waals surface area contributed by atoms with Gasteiger partial charge < -0.3 is 19.8 Å². The molecule has 25 heavy (non-hydrogen) atoms. The molecule has 2 N–H and O–H groups in total. The van der Waals surface area contributed by atoms with E-state index in [1.807, 2.05) is 0 Å². The average molecular weight is 350 g/mol. The number of carbonyl (C=O) groups is 3. The van der Waals surface area contributed by atoms with Gasteiger partial charge in [-0.2, -0.15) is 0 Å². The van der Waals surface area contributed by atoms with E-state index in [2.05, 4.69) is 10.6 Å². The summed E-state index contributed by atoms with van der Waals surface area (Å²) in [4.78, 5) is 35.1.